The molecule has 2 aromatic carbocycles. The number of hydrogen-bond donors (Lipinski definition) is 1. The number of amides is 1. The lowest BCUT2D eigenvalue weighted by molar-refractivity contribution is -0.140. The summed E-state index contributed by atoms with van der Waals surface area (Å²) in [5, 5.41) is 11.0. The Morgan fingerprint density at radius 2 is 1.87 bits per heavy atom. The maximum atomic E-state index is 13.5. The highest BCUT2D eigenvalue weighted by molar-refractivity contribution is 6.46. The molecule has 2 aromatic rings. The number of aliphatic hydroxyl groups excluding tert-OH is 1. The van der Waals surface area contributed by atoms with Crippen molar-refractivity contribution in [2.24, 2.45) is 0 Å². The fourth-order valence-electron chi connectivity index (χ4n) is 3.97. The van der Waals surface area contributed by atoms with Crippen molar-refractivity contribution in [3.63, 3.8) is 0 Å². The minimum Gasteiger partial charge on any atom is -0.507 e. The quantitative estimate of drug-likeness (QED) is 0.463. The van der Waals surface area contributed by atoms with E-state index in [1.54, 1.807) is 24.3 Å². The van der Waals surface area contributed by atoms with Gasteiger partial charge < -0.3 is 19.5 Å². The van der Waals surface area contributed by atoms with Gasteiger partial charge in [0.05, 0.1) is 24.8 Å². The van der Waals surface area contributed by atoms with Gasteiger partial charge in [-0.05, 0) is 54.8 Å². The molecule has 1 amide bonds. The molecule has 2 saturated heterocycles. The summed E-state index contributed by atoms with van der Waals surface area (Å²) in [5.74, 6) is -1.57. The van der Waals surface area contributed by atoms with Crippen LogP contribution in [0.4, 0.5) is 4.39 Å². The number of halogens is 1. The van der Waals surface area contributed by atoms with Gasteiger partial charge >= 0.3 is 0 Å². The molecule has 156 valence electrons. The van der Waals surface area contributed by atoms with Crippen LogP contribution in [0.25, 0.3) is 5.76 Å². The van der Waals surface area contributed by atoms with Gasteiger partial charge in [0.2, 0.25) is 0 Å². The molecular weight excluding hydrogens is 389 g/mol. The van der Waals surface area contributed by atoms with Crippen LogP contribution in [0, 0.1) is 5.82 Å². The number of methoxy groups -OCH3 is 1. The number of hydrogen-bond acceptors (Lipinski definition) is 5. The van der Waals surface area contributed by atoms with Crippen molar-refractivity contribution in [3.05, 3.63) is 71.0 Å². The van der Waals surface area contributed by atoms with Crippen molar-refractivity contribution in [2.45, 2.75) is 25.0 Å². The fourth-order valence-corrected chi connectivity index (χ4v) is 3.97. The Bertz CT molecular complexity index is 978. The monoisotopic (exact) mass is 411 g/mol. The highest BCUT2D eigenvalue weighted by Gasteiger charge is 2.47. The van der Waals surface area contributed by atoms with Crippen LogP contribution in [-0.4, -0.2) is 48.1 Å². The van der Waals surface area contributed by atoms with Gasteiger partial charge in [0.15, 0.2) is 0 Å². The van der Waals surface area contributed by atoms with Crippen molar-refractivity contribution in [1.82, 2.24) is 4.90 Å². The van der Waals surface area contributed by atoms with E-state index >= 15 is 0 Å². The first-order valence-electron chi connectivity index (χ1n) is 9.79. The Balaban J connectivity index is 1.80. The van der Waals surface area contributed by atoms with Gasteiger partial charge in [0.1, 0.15) is 17.3 Å². The number of likely N-dealkylation sites (tertiary alicyclic amines) is 1. The van der Waals surface area contributed by atoms with Crippen LogP contribution >= 0.6 is 0 Å². The second-order valence-corrected chi connectivity index (χ2v) is 7.37. The lowest BCUT2D eigenvalue weighted by Gasteiger charge is -2.27. The molecule has 30 heavy (non-hydrogen) atoms. The molecule has 4 rings (SSSR count). The molecule has 0 bridgehead atoms. The minimum absolute atomic E-state index is 0.0187. The van der Waals surface area contributed by atoms with E-state index in [-0.39, 0.29) is 24.0 Å². The number of aliphatic hydroxyl groups is 1. The average molecular weight is 411 g/mol. The zero-order valence-electron chi connectivity index (χ0n) is 16.5. The van der Waals surface area contributed by atoms with E-state index in [4.69, 9.17) is 9.47 Å². The van der Waals surface area contributed by atoms with Crippen LogP contribution in [0.1, 0.15) is 30.0 Å². The number of carbonyl (C=O) groups is 2. The van der Waals surface area contributed by atoms with E-state index in [0.29, 0.717) is 23.5 Å². The summed E-state index contributed by atoms with van der Waals surface area (Å²) in [6, 6.07) is 11.3. The van der Waals surface area contributed by atoms with Gasteiger partial charge in [-0.3, -0.25) is 9.59 Å². The Kier molecular flexibility index (Phi) is 5.55. The number of rotatable bonds is 5. The smallest absolute Gasteiger partial charge is 0.295 e. The first-order chi connectivity index (χ1) is 14.5. The van der Waals surface area contributed by atoms with Crippen LogP contribution < -0.4 is 4.74 Å². The summed E-state index contributed by atoms with van der Waals surface area (Å²) in [6.45, 7) is 0.841. The van der Waals surface area contributed by atoms with Crippen molar-refractivity contribution >= 4 is 17.4 Å². The first-order valence-corrected chi connectivity index (χ1v) is 9.79. The van der Waals surface area contributed by atoms with Gasteiger partial charge in [-0.2, -0.15) is 0 Å². The molecule has 2 aliphatic rings. The predicted molar refractivity (Wildman–Crippen MR) is 107 cm³/mol. The molecule has 2 atom stereocenters. The highest BCUT2D eigenvalue weighted by Crippen LogP contribution is 2.40. The normalized spacial score (nSPS) is 23.2. The van der Waals surface area contributed by atoms with E-state index in [9.17, 15) is 19.1 Å². The van der Waals surface area contributed by atoms with Crippen LogP contribution in [0.3, 0.4) is 0 Å². The average Bonchev–Trinajstić information content (AvgIpc) is 3.36. The van der Waals surface area contributed by atoms with Gasteiger partial charge in [0, 0.05) is 18.7 Å². The number of carbonyl (C=O) groups excluding carboxylic acids is 2. The van der Waals surface area contributed by atoms with Crippen LogP contribution in [-0.2, 0) is 14.3 Å². The molecule has 2 aliphatic heterocycles. The predicted octanol–water partition coefficient (Wildman–Crippen LogP) is 3.44. The van der Waals surface area contributed by atoms with Gasteiger partial charge in [-0.15, -0.1) is 0 Å². The molecule has 0 aromatic heterocycles. The topological polar surface area (TPSA) is 76.1 Å². The summed E-state index contributed by atoms with van der Waals surface area (Å²) < 4.78 is 24.3. The molecule has 2 unspecified atom stereocenters. The largest absolute Gasteiger partial charge is 0.507 e. The first kappa shape index (κ1) is 20.1. The Hall–Kier alpha value is -3.19. The molecule has 2 heterocycles. The molecule has 0 aliphatic carbocycles. The van der Waals surface area contributed by atoms with Crippen LogP contribution in [0.15, 0.2) is 54.1 Å². The highest BCUT2D eigenvalue weighted by atomic mass is 19.1. The van der Waals surface area contributed by atoms with E-state index < -0.39 is 23.5 Å². The third kappa shape index (κ3) is 3.68. The van der Waals surface area contributed by atoms with E-state index in [1.807, 2.05) is 0 Å². The molecule has 2 fully saturated rings. The summed E-state index contributed by atoms with van der Waals surface area (Å²) in [7, 11) is 1.53. The number of benzene rings is 2. The summed E-state index contributed by atoms with van der Waals surface area (Å²) in [6.07, 6.45) is 1.51. The van der Waals surface area contributed by atoms with Crippen LogP contribution in [0.5, 0.6) is 5.75 Å². The van der Waals surface area contributed by atoms with E-state index in [2.05, 4.69) is 0 Å². The number of ketones is 1. The second-order valence-electron chi connectivity index (χ2n) is 7.37. The van der Waals surface area contributed by atoms with Crippen molar-refractivity contribution in [2.75, 3.05) is 20.3 Å². The van der Waals surface area contributed by atoms with Crippen molar-refractivity contribution in [1.29, 1.82) is 0 Å². The second kappa shape index (κ2) is 8.28. The van der Waals surface area contributed by atoms with Gasteiger partial charge in [-0.25, -0.2) is 4.39 Å². The van der Waals surface area contributed by atoms with Crippen molar-refractivity contribution < 1.29 is 28.6 Å². The lowest BCUT2D eigenvalue weighted by atomic mass is 9.95. The zero-order chi connectivity index (χ0) is 21.3. The molecule has 0 saturated carbocycles. The Labute approximate surface area is 173 Å². The maximum Gasteiger partial charge on any atom is 0.295 e. The maximum absolute atomic E-state index is 13.5. The zero-order valence-corrected chi connectivity index (χ0v) is 16.5. The van der Waals surface area contributed by atoms with E-state index in [0.717, 1.165) is 12.8 Å². The molecule has 6 nitrogen and oxygen atoms in total. The molecular formula is C23H22FNO5. The standard InChI is InChI=1S/C23H22FNO5/c1-29-17-10-6-15(7-11-17)21(26)19-20(14-4-8-16(24)9-5-14)25(23(28)22(19)27)13-18-3-2-12-30-18/h4-11,18,20,26H,2-3,12-13H2,1H3/b21-19+. The summed E-state index contributed by atoms with van der Waals surface area (Å²) >= 11 is 0. The Morgan fingerprint density at radius 1 is 1.17 bits per heavy atom. The third-order valence-corrected chi connectivity index (χ3v) is 5.51. The summed E-state index contributed by atoms with van der Waals surface area (Å²) in [5.41, 5.74) is 0.913. The number of nitrogens with zero attached hydrogens (tertiary/aromatic N) is 1. The number of ether oxygens (including phenoxy) is 2. The lowest BCUT2D eigenvalue weighted by Crippen LogP contribution is -2.36. The van der Waals surface area contributed by atoms with E-state index in [1.165, 1.54) is 36.3 Å². The van der Waals surface area contributed by atoms with Gasteiger partial charge in [0.25, 0.3) is 11.7 Å². The van der Waals surface area contributed by atoms with Gasteiger partial charge in [-0.1, -0.05) is 12.1 Å². The minimum atomic E-state index is -0.822. The molecule has 0 radical (unpaired) electrons. The summed E-state index contributed by atoms with van der Waals surface area (Å²) in [4.78, 5) is 27.2. The fraction of sp³-hybridized carbons (Fsp3) is 0.304. The SMILES string of the molecule is COc1ccc(/C(O)=C2\C(=O)C(=O)N(CC3CCCO3)C2c2ccc(F)cc2)cc1. The molecule has 1 N–H and O–H groups in total. The molecule has 0 spiro atoms. The van der Waals surface area contributed by atoms with Crippen molar-refractivity contribution in [3.8, 4) is 5.75 Å². The number of Topliss-reactive ketones (excluding diaryl/α,β-unsaturated/α-hetero) is 1. The van der Waals surface area contributed by atoms with Crippen LogP contribution in [0.2, 0.25) is 0 Å². The Morgan fingerprint density at radius 3 is 2.47 bits per heavy atom. The molecule has 7 heteroatoms. The third-order valence-electron chi connectivity index (χ3n) is 5.51.